The van der Waals surface area contributed by atoms with E-state index in [2.05, 4.69) is 74.3 Å². The molecular weight excluding hydrogens is 320 g/mol. The van der Waals surface area contributed by atoms with Gasteiger partial charge < -0.3 is 9.80 Å². The van der Waals surface area contributed by atoms with Crippen molar-refractivity contribution in [1.82, 2.24) is 4.90 Å². The van der Waals surface area contributed by atoms with Gasteiger partial charge in [-0.3, -0.25) is 4.79 Å². The number of carbonyl (C=O) groups is 1. The van der Waals surface area contributed by atoms with Crippen molar-refractivity contribution < 1.29 is 4.79 Å². The summed E-state index contributed by atoms with van der Waals surface area (Å²) < 4.78 is 0. The Kier molecular flexibility index (Phi) is 4.06. The van der Waals surface area contributed by atoms with Crippen LogP contribution in [0.4, 0.5) is 5.69 Å². The van der Waals surface area contributed by atoms with Crippen LogP contribution in [0.15, 0.2) is 48.5 Å². The molecule has 0 aliphatic carbocycles. The van der Waals surface area contributed by atoms with E-state index in [0.29, 0.717) is 12.3 Å². The molecule has 136 valence electrons. The fourth-order valence-electron chi connectivity index (χ4n) is 5.04. The number of nitrogens with zero attached hydrogens (tertiary/aromatic N) is 2. The van der Waals surface area contributed by atoms with E-state index in [4.69, 9.17) is 0 Å². The molecule has 2 aromatic rings. The minimum atomic E-state index is -0.0344. The van der Waals surface area contributed by atoms with E-state index >= 15 is 0 Å². The first-order valence-corrected chi connectivity index (χ1v) is 9.61. The van der Waals surface area contributed by atoms with E-state index in [9.17, 15) is 4.79 Å². The van der Waals surface area contributed by atoms with Gasteiger partial charge in [0.25, 0.3) is 0 Å². The van der Waals surface area contributed by atoms with Crippen molar-refractivity contribution in [2.45, 2.75) is 50.6 Å². The molecule has 0 unspecified atom stereocenters. The zero-order chi connectivity index (χ0) is 18.5. The van der Waals surface area contributed by atoms with Gasteiger partial charge in [0.05, 0.1) is 0 Å². The van der Waals surface area contributed by atoms with Crippen LogP contribution in [0.25, 0.3) is 0 Å². The number of benzene rings is 2. The molecule has 0 saturated carbocycles. The molecule has 2 atom stereocenters. The van der Waals surface area contributed by atoms with E-state index in [1.807, 2.05) is 11.9 Å². The number of amides is 1. The maximum atomic E-state index is 12.4. The van der Waals surface area contributed by atoms with Gasteiger partial charge in [-0.25, -0.2) is 0 Å². The van der Waals surface area contributed by atoms with Crippen molar-refractivity contribution in [2.24, 2.45) is 0 Å². The van der Waals surface area contributed by atoms with Crippen LogP contribution in [0, 0.1) is 0 Å². The van der Waals surface area contributed by atoms with Crippen molar-refractivity contribution in [2.75, 3.05) is 19.0 Å². The molecule has 2 heterocycles. The Hall–Kier alpha value is -2.29. The molecule has 3 heteroatoms. The summed E-state index contributed by atoms with van der Waals surface area (Å²) in [5.41, 5.74) is 5.35. The number of rotatable bonds is 3. The van der Waals surface area contributed by atoms with Crippen molar-refractivity contribution in [3.8, 4) is 0 Å². The summed E-state index contributed by atoms with van der Waals surface area (Å²) in [6, 6.07) is 17.8. The highest BCUT2D eigenvalue weighted by atomic mass is 16.2. The quantitative estimate of drug-likeness (QED) is 0.825. The third kappa shape index (κ3) is 2.45. The molecule has 0 bridgehead atoms. The lowest BCUT2D eigenvalue weighted by Crippen LogP contribution is -2.59. The summed E-state index contributed by atoms with van der Waals surface area (Å²) in [6.45, 7) is 4.46. The zero-order valence-electron chi connectivity index (χ0n) is 16.2. The van der Waals surface area contributed by atoms with Crippen molar-refractivity contribution in [3.63, 3.8) is 0 Å². The lowest BCUT2D eigenvalue weighted by Gasteiger charge is -2.47. The first kappa shape index (κ1) is 17.1. The third-order valence-electron chi connectivity index (χ3n) is 6.39. The number of fused-ring (bicyclic) bond motifs is 3. The predicted molar refractivity (Wildman–Crippen MR) is 107 cm³/mol. The Balaban J connectivity index is 1.78. The molecular formula is C23H28N2O. The number of likely N-dealkylation sites (tertiary alicyclic amines) is 1. The molecule has 1 saturated heterocycles. The van der Waals surface area contributed by atoms with Crippen LogP contribution in [0.1, 0.15) is 49.3 Å². The van der Waals surface area contributed by atoms with E-state index in [-0.39, 0.29) is 17.5 Å². The third-order valence-corrected chi connectivity index (χ3v) is 6.39. The number of piperidine rings is 1. The maximum Gasteiger partial charge on any atom is 0.224 e. The standard InChI is InChI=1S/C23H28N2O/c1-16(2)18-11-9-17(10-12-18)15-23-14-13-21(26)25(4)22(23)24(3)20-8-6-5-7-19(20)23/h5-12,16,22H,13-15H2,1-4H3/t22-,23+/m0/s1. The first-order valence-electron chi connectivity index (χ1n) is 9.61. The summed E-state index contributed by atoms with van der Waals surface area (Å²) in [7, 11) is 4.09. The number of hydrogen-bond donors (Lipinski definition) is 0. The van der Waals surface area contributed by atoms with E-state index in [0.717, 1.165) is 12.8 Å². The van der Waals surface area contributed by atoms with Crippen LogP contribution in [0.2, 0.25) is 0 Å². The minimum Gasteiger partial charge on any atom is -0.353 e. The SMILES string of the molecule is CC(C)c1ccc(C[C@@]23CCC(=O)N(C)[C@@H]2N(C)c2ccccc23)cc1. The van der Waals surface area contributed by atoms with E-state index in [1.54, 1.807) is 0 Å². The summed E-state index contributed by atoms with van der Waals surface area (Å²) in [5.74, 6) is 0.798. The smallest absolute Gasteiger partial charge is 0.224 e. The van der Waals surface area contributed by atoms with Crippen LogP contribution < -0.4 is 4.90 Å². The van der Waals surface area contributed by atoms with Crippen LogP contribution in [0.5, 0.6) is 0 Å². The normalized spacial score (nSPS) is 24.8. The number of likely N-dealkylation sites (N-methyl/N-ethyl adjacent to an activating group) is 2. The van der Waals surface area contributed by atoms with Gasteiger partial charge in [0.1, 0.15) is 6.17 Å². The second-order valence-electron chi connectivity index (χ2n) is 8.24. The van der Waals surface area contributed by atoms with Gasteiger partial charge >= 0.3 is 0 Å². The van der Waals surface area contributed by atoms with Crippen LogP contribution in [-0.4, -0.2) is 31.1 Å². The molecule has 0 aromatic heterocycles. The lowest BCUT2D eigenvalue weighted by molar-refractivity contribution is -0.137. The molecule has 0 radical (unpaired) electrons. The van der Waals surface area contributed by atoms with Gasteiger partial charge in [-0.15, -0.1) is 0 Å². The van der Waals surface area contributed by atoms with Gasteiger partial charge in [-0.05, 0) is 41.5 Å². The van der Waals surface area contributed by atoms with E-state index < -0.39 is 0 Å². The highest BCUT2D eigenvalue weighted by molar-refractivity contribution is 5.80. The molecule has 2 aliphatic heterocycles. The summed E-state index contributed by atoms with van der Waals surface area (Å²) in [5, 5.41) is 0. The van der Waals surface area contributed by atoms with Crippen LogP contribution in [-0.2, 0) is 16.6 Å². The Morgan fingerprint density at radius 1 is 1.04 bits per heavy atom. The average molecular weight is 348 g/mol. The maximum absolute atomic E-state index is 12.4. The predicted octanol–water partition coefficient (Wildman–Crippen LogP) is 4.32. The number of para-hydroxylation sites is 1. The number of anilines is 1. The monoisotopic (exact) mass is 348 g/mol. The molecule has 26 heavy (non-hydrogen) atoms. The first-order chi connectivity index (χ1) is 12.4. The number of carbonyl (C=O) groups excluding carboxylic acids is 1. The second-order valence-corrected chi connectivity index (χ2v) is 8.24. The molecule has 4 rings (SSSR count). The molecule has 3 nitrogen and oxygen atoms in total. The molecule has 2 aromatic carbocycles. The summed E-state index contributed by atoms with van der Waals surface area (Å²) in [4.78, 5) is 16.7. The summed E-state index contributed by atoms with van der Waals surface area (Å²) >= 11 is 0. The fourth-order valence-corrected chi connectivity index (χ4v) is 5.04. The molecule has 2 aliphatic rings. The highest BCUT2D eigenvalue weighted by Crippen LogP contribution is 2.52. The molecule has 1 amide bonds. The topological polar surface area (TPSA) is 23.6 Å². The van der Waals surface area contributed by atoms with Gasteiger partial charge in [0.2, 0.25) is 5.91 Å². The van der Waals surface area contributed by atoms with Gasteiger partial charge in [-0.1, -0.05) is 56.3 Å². The Labute approximate surface area is 156 Å². The van der Waals surface area contributed by atoms with Crippen molar-refractivity contribution >= 4 is 11.6 Å². The van der Waals surface area contributed by atoms with Crippen LogP contribution >= 0.6 is 0 Å². The zero-order valence-corrected chi connectivity index (χ0v) is 16.2. The summed E-state index contributed by atoms with van der Waals surface area (Å²) in [6.07, 6.45) is 2.59. The largest absolute Gasteiger partial charge is 0.353 e. The van der Waals surface area contributed by atoms with Gasteiger partial charge in [0.15, 0.2) is 0 Å². The minimum absolute atomic E-state index is 0.0344. The highest BCUT2D eigenvalue weighted by Gasteiger charge is 2.54. The molecule has 0 spiro atoms. The van der Waals surface area contributed by atoms with Gasteiger partial charge in [-0.2, -0.15) is 0 Å². The second kappa shape index (κ2) is 6.15. The van der Waals surface area contributed by atoms with Crippen molar-refractivity contribution in [1.29, 1.82) is 0 Å². The Morgan fingerprint density at radius 2 is 1.73 bits per heavy atom. The molecule has 0 N–H and O–H groups in total. The fraction of sp³-hybridized carbons (Fsp3) is 0.435. The van der Waals surface area contributed by atoms with Gasteiger partial charge in [0, 0.05) is 31.6 Å². The number of hydrogen-bond acceptors (Lipinski definition) is 2. The Bertz CT molecular complexity index is 826. The average Bonchev–Trinajstić information content (AvgIpc) is 2.89. The van der Waals surface area contributed by atoms with Crippen molar-refractivity contribution in [3.05, 3.63) is 65.2 Å². The Morgan fingerprint density at radius 3 is 2.42 bits per heavy atom. The molecule has 1 fully saturated rings. The van der Waals surface area contributed by atoms with E-state index in [1.165, 1.54) is 22.4 Å². The van der Waals surface area contributed by atoms with Crippen LogP contribution in [0.3, 0.4) is 0 Å². The lowest BCUT2D eigenvalue weighted by atomic mass is 9.69.